The molecule has 0 aromatic heterocycles. The molecule has 74 heavy (non-hydrogen) atoms. The molecule has 0 saturated carbocycles. The maximum Gasteiger partial charge on any atom is 0.397 e. The molecular formula is C61H110O12S. The number of carbonyl (C=O) groups excluding carboxylic acids is 1. The van der Waals surface area contributed by atoms with E-state index in [0.29, 0.717) is 13.0 Å². The molecule has 0 bridgehead atoms. The molecule has 1 aliphatic heterocycles. The molecule has 1 saturated heterocycles. The number of allylic oxidation sites excluding steroid dienone is 10. The Balaban J connectivity index is 2.29. The molecule has 6 unspecified atom stereocenters. The minimum Gasteiger partial charge on any atom is -0.457 e. The van der Waals surface area contributed by atoms with Gasteiger partial charge in [-0.3, -0.25) is 9.35 Å². The first-order valence-electron chi connectivity index (χ1n) is 30.0. The molecule has 0 radical (unpaired) electrons. The number of aliphatic hydroxyl groups excluding tert-OH is 3. The van der Waals surface area contributed by atoms with Crippen LogP contribution in [0.2, 0.25) is 0 Å². The minimum absolute atomic E-state index is 0.0313. The summed E-state index contributed by atoms with van der Waals surface area (Å²) in [6.45, 7) is 3.99. The fraction of sp³-hybridized carbons (Fsp3) is 0.820. The summed E-state index contributed by atoms with van der Waals surface area (Å²) in [5, 5.41) is 30.9. The lowest BCUT2D eigenvalue weighted by Gasteiger charge is -2.41. The maximum atomic E-state index is 13.0. The number of hydrogen-bond acceptors (Lipinski definition) is 11. The van der Waals surface area contributed by atoms with Gasteiger partial charge in [0.25, 0.3) is 0 Å². The number of rotatable bonds is 53. The molecule has 432 valence electrons. The lowest BCUT2D eigenvalue weighted by molar-refractivity contribution is -0.301. The van der Waals surface area contributed by atoms with E-state index in [0.717, 1.165) is 64.2 Å². The minimum atomic E-state index is -5.07. The highest BCUT2D eigenvalue weighted by Gasteiger charge is 2.48. The third kappa shape index (κ3) is 43.9. The van der Waals surface area contributed by atoms with Crippen molar-refractivity contribution in [1.82, 2.24) is 0 Å². The summed E-state index contributed by atoms with van der Waals surface area (Å²) in [7, 11) is -5.07. The van der Waals surface area contributed by atoms with Crippen molar-refractivity contribution in [2.75, 3.05) is 26.4 Å². The highest BCUT2D eigenvalue weighted by atomic mass is 32.3. The molecular weight excluding hydrogens is 957 g/mol. The van der Waals surface area contributed by atoms with E-state index >= 15 is 0 Å². The van der Waals surface area contributed by atoms with E-state index in [9.17, 15) is 33.1 Å². The summed E-state index contributed by atoms with van der Waals surface area (Å²) in [4.78, 5) is 13.0. The van der Waals surface area contributed by atoms with Gasteiger partial charge in [-0.05, 0) is 83.5 Å². The second-order valence-corrected chi connectivity index (χ2v) is 21.6. The van der Waals surface area contributed by atoms with Crippen LogP contribution in [0.3, 0.4) is 0 Å². The standard InChI is InChI=1S/C61H110O12S/c1-3-5-7-9-11-13-15-17-19-21-23-25-26-27-28-29-31-33-35-37-39-41-43-45-47-49-51-69-53-55(54-70-61-59(65)60(73-74(66,67)68)58(64)56(52-62)72-61)71-57(63)50-48-46-44-42-40-38-36-34-32-30-24-22-20-18-16-14-12-10-8-6-4-2/h15-18,21-24,26-27,55-56,58-62,64-65H,3-14,19-20,25,28-54H2,1-2H3,(H,66,67,68)/b17-15-,18-16-,23-21-,24-22-,27-26-. The number of aliphatic hydroxyl groups is 3. The van der Waals surface area contributed by atoms with Gasteiger partial charge in [-0.1, -0.05) is 229 Å². The molecule has 13 heteroatoms. The van der Waals surface area contributed by atoms with Gasteiger partial charge in [0.2, 0.25) is 0 Å². The average molecular weight is 1070 g/mol. The average Bonchev–Trinajstić information content (AvgIpc) is 3.38. The van der Waals surface area contributed by atoms with Crippen LogP contribution in [0.15, 0.2) is 60.8 Å². The predicted molar refractivity (Wildman–Crippen MR) is 303 cm³/mol. The van der Waals surface area contributed by atoms with Crippen molar-refractivity contribution in [2.24, 2.45) is 0 Å². The van der Waals surface area contributed by atoms with Gasteiger partial charge in [-0.15, -0.1) is 0 Å². The number of unbranched alkanes of at least 4 members (excludes halogenated alkanes) is 30. The van der Waals surface area contributed by atoms with Crippen molar-refractivity contribution in [3.63, 3.8) is 0 Å². The number of ether oxygens (including phenoxy) is 4. The van der Waals surface area contributed by atoms with Gasteiger partial charge >= 0.3 is 16.4 Å². The van der Waals surface area contributed by atoms with E-state index in [1.54, 1.807) is 0 Å². The fourth-order valence-electron chi connectivity index (χ4n) is 9.07. The Hall–Kier alpha value is -2.20. The quantitative estimate of drug-likeness (QED) is 0.0196. The molecule has 6 atom stereocenters. The molecule has 1 aliphatic rings. The molecule has 4 N–H and O–H groups in total. The summed E-state index contributed by atoms with van der Waals surface area (Å²) in [5.41, 5.74) is 0. The van der Waals surface area contributed by atoms with Crippen LogP contribution >= 0.6 is 0 Å². The first-order valence-corrected chi connectivity index (χ1v) is 31.4. The van der Waals surface area contributed by atoms with Crippen LogP contribution in [0, 0.1) is 0 Å². The lowest BCUT2D eigenvalue weighted by Crippen LogP contribution is -2.60. The Morgan fingerprint density at radius 2 is 0.892 bits per heavy atom. The summed E-state index contributed by atoms with van der Waals surface area (Å²) in [5.74, 6) is -0.403. The molecule has 0 aliphatic carbocycles. The van der Waals surface area contributed by atoms with Crippen molar-refractivity contribution in [2.45, 2.75) is 295 Å². The van der Waals surface area contributed by atoms with E-state index < -0.39 is 59.8 Å². The van der Waals surface area contributed by atoms with Crippen molar-refractivity contribution in [3.05, 3.63) is 60.8 Å². The van der Waals surface area contributed by atoms with E-state index in [2.05, 4.69) is 78.8 Å². The van der Waals surface area contributed by atoms with Crippen molar-refractivity contribution < 1.29 is 56.2 Å². The van der Waals surface area contributed by atoms with Crippen LogP contribution in [-0.2, 0) is 38.3 Å². The molecule has 1 fully saturated rings. The van der Waals surface area contributed by atoms with Crippen LogP contribution in [0.4, 0.5) is 0 Å². The summed E-state index contributed by atoms with van der Waals surface area (Å²) >= 11 is 0. The SMILES string of the molecule is CCCCCCC/C=C\C/C=C\C/C=C\CCCCCCCCCCCCCOCC(COC1OC(CO)C(O)C(OS(=O)(=O)O)C1O)OC(=O)CCCCCCCCCCC/C=C\C/C=C\CCCCCCC. The van der Waals surface area contributed by atoms with Gasteiger partial charge in [0.1, 0.15) is 30.5 Å². The molecule has 1 rings (SSSR count). The normalized spacial score (nSPS) is 19.1. The summed E-state index contributed by atoms with van der Waals surface area (Å²) < 4.78 is 59.5. The Morgan fingerprint density at radius 1 is 0.514 bits per heavy atom. The maximum absolute atomic E-state index is 13.0. The van der Waals surface area contributed by atoms with Gasteiger partial charge in [-0.2, -0.15) is 8.42 Å². The van der Waals surface area contributed by atoms with Crippen molar-refractivity contribution in [3.8, 4) is 0 Å². The lowest BCUT2D eigenvalue weighted by atomic mass is 9.99. The zero-order valence-electron chi connectivity index (χ0n) is 46.9. The Bertz CT molecular complexity index is 1510. The predicted octanol–water partition coefficient (Wildman–Crippen LogP) is 15.2. The first kappa shape index (κ1) is 69.8. The second kappa shape index (κ2) is 51.6. The van der Waals surface area contributed by atoms with E-state index in [-0.39, 0.29) is 19.6 Å². The van der Waals surface area contributed by atoms with Crippen LogP contribution < -0.4 is 0 Å². The van der Waals surface area contributed by atoms with Crippen molar-refractivity contribution >= 4 is 16.4 Å². The zero-order valence-corrected chi connectivity index (χ0v) is 47.7. The molecule has 12 nitrogen and oxygen atoms in total. The topological polar surface area (TPSA) is 178 Å². The highest BCUT2D eigenvalue weighted by molar-refractivity contribution is 7.80. The zero-order chi connectivity index (χ0) is 53.8. The van der Waals surface area contributed by atoms with E-state index in [4.69, 9.17) is 18.9 Å². The smallest absolute Gasteiger partial charge is 0.397 e. The van der Waals surface area contributed by atoms with E-state index in [1.165, 1.54) is 167 Å². The summed E-state index contributed by atoms with van der Waals surface area (Å²) in [6, 6.07) is 0. The molecule has 0 spiro atoms. The number of hydrogen-bond donors (Lipinski definition) is 4. The van der Waals surface area contributed by atoms with Crippen LogP contribution in [0.1, 0.15) is 258 Å². The highest BCUT2D eigenvalue weighted by Crippen LogP contribution is 2.26. The molecule has 1 heterocycles. The van der Waals surface area contributed by atoms with Crippen LogP contribution in [-0.4, -0.2) is 97.5 Å². The largest absolute Gasteiger partial charge is 0.457 e. The van der Waals surface area contributed by atoms with Gasteiger partial charge in [0, 0.05) is 13.0 Å². The van der Waals surface area contributed by atoms with Crippen LogP contribution in [0.5, 0.6) is 0 Å². The van der Waals surface area contributed by atoms with Gasteiger partial charge < -0.3 is 34.3 Å². The summed E-state index contributed by atoms with van der Waals surface area (Å²) in [6.07, 6.45) is 58.2. The number of esters is 1. The Morgan fingerprint density at radius 3 is 1.30 bits per heavy atom. The second-order valence-electron chi connectivity index (χ2n) is 20.6. The monoisotopic (exact) mass is 1070 g/mol. The van der Waals surface area contributed by atoms with Gasteiger partial charge in [0.05, 0.1) is 19.8 Å². The molecule has 0 aromatic rings. The van der Waals surface area contributed by atoms with Crippen LogP contribution in [0.25, 0.3) is 0 Å². The van der Waals surface area contributed by atoms with Crippen molar-refractivity contribution in [1.29, 1.82) is 0 Å². The third-order valence-corrected chi connectivity index (χ3v) is 14.1. The van der Waals surface area contributed by atoms with E-state index in [1.807, 2.05) is 0 Å². The number of carbonyl (C=O) groups is 1. The first-order chi connectivity index (χ1) is 36.1. The van der Waals surface area contributed by atoms with Gasteiger partial charge in [-0.25, -0.2) is 4.18 Å². The Labute approximate surface area is 452 Å². The molecule has 0 amide bonds. The fourth-order valence-corrected chi connectivity index (χ4v) is 9.57. The Kier molecular flexibility index (Phi) is 48.6. The molecule has 0 aromatic carbocycles. The third-order valence-electron chi connectivity index (χ3n) is 13.6. The van der Waals surface area contributed by atoms with Gasteiger partial charge in [0.15, 0.2) is 6.29 Å².